The van der Waals surface area contributed by atoms with Gasteiger partial charge in [0.1, 0.15) is 12.4 Å². The Bertz CT molecular complexity index is 687. The van der Waals surface area contributed by atoms with Crippen LogP contribution in [0.5, 0.6) is 5.75 Å². The van der Waals surface area contributed by atoms with E-state index in [1.165, 1.54) is 0 Å². The van der Waals surface area contributed by atoms with Crippen molar-refractivity contribution >= 4 is 34.8 Å². The third kappa shape index (κ3) is 6.98. The van der Waals surface area contributed by atoms with Gasteiger partial charge in [-0.05, 0) is 57.1 Å². The maximum Gasteiger partial charge on any atom is 0.124 e. The lowest BCUT2D eigenvalue weighted by Gasteiger charge is -2.14. The summed E-state index contributed by atoms with van der Waals surface area (Å²) in [5, 5.41) is 5.25. The van der Waals surface area contributed by atoms with Gasteiger partial charge in [0.2, 0.25) is 0 Å². The summed E-state index contributed by atoms with van der Waals surface area (Å²) >= 11 is 18.5. The van der Waals surface area contributed by atoms with Crippen LogP contribution in [0.2, 0.25) is 15.1 Å². The number of rotatable bonds is 10. The van der Waals surface area contributed by atoms with E-state index in [1.54, 1.807) is 12.1 Å². The maximum absolute atomic E-state index is 6.21. The average molecular weight is 417 g/mol. The second-order valence-corrected chi connectivity index (χ2v) is 7.44. The van der Waals surface area contributed by atoms with Crippen molar-refractivity contribution in [2.75, 3.05) is 13.2 Å². The molecule has 0 heterocycles. The third-order valence-corrected chi connectivity index (χ3v) is 4.66. The van der Waals surface area contributed by atoms with Gasteiger partial charge in [0, 0.05) is 39.3 Å². The molecule has 0 fully saturated rings. The molecule has 0 saturated heterocycles. The number of halogens is 3. The Hall–Kier alpha value is -0.970. The monoisotopic (exact) mass is 415 g/mol. The Kier molecular flexibility index (Phi) is 9.03. The van der Waals surface area contributed by atoms with Gasteiger partial charge >= 0.3 is 0 Å². The van der Waals surface area contributed by atoms with E-state index in [-0.39, 0.29) is 6.10 Å². The Morgan fingerprint density at radius 2 is 1.77 bits per heavy atom. The highest BCUT2D eigenvalue weighted by Gasteiger charge is 2.09. The van der Waals surface area contributed by atoms with Gasteiger partial charge in [-0.15, -0.1) is 0 Å². The second kappa shape index (κ2) is 11.0. The van der Waals surface area contributed by atoms with Gasteiger partial charge in [0.05, 0.1) is 6.10 Å². The van der Waals surface area contributed by atoms with Gasteiger partial charge in [0.25, 0.3) is 0 Å². The highest BCUT2D eigenvalue weighted by molar-refractivity contribution is 6.36. The first-order valence-corrected chi connectivity index (χ1v) is 9.77. The number of hydrogen-bond acceptors (Lipinski definition) is 3. The molecular weight excluding hydrogens is 393 g/mol. The van der Waals surface area contributed by atoms with Crippen LogP contribution < -0.4 is 10.1 Å². The zero-order valence-corrected chi connectivity index (χ0v) is 17.3. The van der Waals surface area contributed by atoms with Crippen LogP contribution in [0, 0.1) is 0 Å². The average Bonchev–Trinajstić information content (AvgIpc) is 2.58. The fourth-order valence-corrected chi connectivity index (χ4v) is 3.09. The van der Waals surface area contributed by atoms with E-state index in [4.69, 9.17) is 44.3 Å². The summed E-state index contributed by atoms with van der Waals surface area (Å²) in [4.78, 5) is 0. The SMILES string of the molecule is CC(C)OCCCNCc1cc(Cl)ccc1OCc1c(Cl)cccc1Cl. The molecule has 26 heavy (non-hydrogen) atoms. The predicted octanol–water partition coefficient (Wildman–Crippen LogP) is 6.13. The van der Waals surface area contributed by atoms with Crippen molar-refractivity contribution in [3.05, 3.63) is 62.6 Å². The second-order valence-electron chi connectivity index (χ2n) is 6.19. The van der Waals surface area contributed by atoms with E-state index in [0.29, 0.717) is 28.2 Å². The van der Waals surface area contributed by atoms with E-state index < -0.39 is 0 Å². The Morgan fingerprint density at radius 1 is 1.04 bits per heavy atom. The van der Waals surface area contributed by atoms with Crippen LogP contribution in [-0.2, 0) is 17.9 Å². The van der Waals surface area contributed by atoms with Crippen molar-refractivity contribution in [1.29, 1.82) is 0 Å². The van der Waals surface area contributed by atoms with Crippen LogP contribution in [0.15, 0.2) is 36.4 Å². The zero-order valence-electron chi connectivity index (χ0n) is 15.0. The maximum atomic E-state index is 6.21. The van der Waals surface area contributed by atoms with Crippen molar-refractivity contribution in [3.8, 4) is 5.75 Å². The van der Waals surface area contributed by atoms with Crippen LogP contribution in [0.4, 0.5) is 0 Å². The fourth-order valence-electron chi connectivity index (χ4n) is 2.39. The minimum absolute atomic E-state index is 0.263. The fraction of sp³-hybridized carbons (Fsp3) is 0.400. The molecule has 0 atom stereocenters. The van der Waals surface area contributed by atoms with Crippen molar-refractivity contribution in [2.45, 2.75) is 39.5 Å². The van der Waals surface area contributed by atoms with Gasteiger partial charge in [0.15, 0.2) is 0 Å². The van der Waals surface area contributed by atoms with Crippen LogP contribution in [0.25, 0.3) is 0 Å². The molecule has 3 nitrogen and oxygen atoms in total. The summed E-state index contributed by atoms with van der Waals surface area (Å²) in [7, 11) is 0. The number of ether oxygens (including phenoxy) is 2. The van der Waals surface area contributed by atoms with E-state index in [2.05, 4.69) is 5.32 Å². The molecule has 0 aliphatic heterocycles. The number of nitrogens with one attached hydrogen (secondary N) is 1. The molecule has 0 amide bonds. The zero-order chi connectivity index (χ0) is 18.9. The van der Waals surface area contributed by atoms with Crippen LogP contribution in [0.3, 0.4) is 0 Å². The highest BCUT2D eigenvalue weighted by atomic mass is 35.5. The first-order valence-electron chi connectivity index (χ1n) is 8.64. The number of hydrogen-bond donors (Lipinski definition) is 1. The van der Waals surface area contributed by atoms with Gasteiger partial charge in [-0.1, -0.05) is 40.9 Å². The lowest BCUT2D eigenvalue weighted by atomic mass is 10.2. The third-order valence-electron chi connectivity index (χ3n) is 3.72. The summed E-state index contributed by atoms with van der Waals surface area (Å²) in [6.45, 7) is 6.63. The molecule has 2 aromatic carbocycles. The summed E-state index contributed by atoms with van der Waals surface area (Å²) < 4.78 is 11.5. The van der Waals surface area contributed by atoms with E-state index in [0.717, 1.165) is 36.4 Å². The normalized spacial score (nSPS) is 11.2. The first-order chi connectivity index (χ1) is 12.5. The Morgan fingerprint density at radius 3 is 2.46 bits per heavy atom. The topological polar surface area (TPSA) is 30.5 Å². The first kappa shape index (κ1) is 21.3. The summed E-state index contributed by atoms with van der Waals surface area (Å²) in [5.74, 6) is 0.760. The Balaban J connectivity index is 1.92. The van der Waals surface area contributed by atoms with E-state index >= 15 is 0 Å². The van der Waals surface area contributed by atoms with Crippen molar-refractivity contribution in [1.82, 2.24) is 5.32 Å². The van der Waals surface area contributed by atoms with E-state index in [1.807, 2.05) is 38.1 Å². The molecule has 0 radical (unpaired) electrons. The minimum Gasteiger partial charge on any atom is -0.488 e. The van der Waals surface area contributed by atoms with Gasteiger partial charge in [-0.3, -0.25) is 0 Å². The van der Waals surface area contributed by atoms with Crippen LogP contribution >= 0.6 is 34.8 Å². The van der Waals surface area contributed by atoms with Crippen molar-refractivity contribution < 1.29 is 9.47 Å². The molecule has 0 spiro atoms. The summed E-state index contributed by atoms with van der Waals surface area (Å²) in [6.07, 6.45) is 1.21. The van der Waals surface area contributed by atoms with E-state index in [9.17, 15) is 0 Å². The summed E-state index contributed by atoms with van der Waals surface area (Å²) in [5.41, 5.74) is 1.76. The number of benzene rings is 2. The molecule has 0 aliphatic carbocycles. The predicted molar refractivity (Wildman–Crippen MR) is 110 cm³/mol. The molecule has 2 rings (SSSR count). The van der Waals surface area contributed by atoms with Crippen molar-refractivity contribution in [3.63, 3.8) is 0 Å². The molecule has 1 N–H and O–H groups in total. The van der Waals surface area contributed by atoms with Crippen LogP contribution in [0.1, 0.15) is 31.4 Å². The van der Waals surface area contributed by atoms with Crippen molar-refractivity contribution in [2.24, 2.45) is 0 Å². The molecule has 6 heteroatoms. The smallest absolute Gasteiger partial charge is 0.124 e. The lowest BCUT2D eigenvalue weighted by Crippen LogP contribution is -2.18. The molecular formula is C20H24Cl3NO2. The molecule has 0 aromatic heterocycles. The van der Waals surface area contributed by atoms with Gasteiger partial charge in [-0.25, -0.2) is 0 Å². The van der Waals surface area contributed by atoms with Crippen LogP contribution in [-0.4, -0.2) is 19.3 Å². The largest absolute Gasteiger partial charge is 0.488 e. The molecule has 0 aliphatic rings. The minimum atomic E-state index is 0.263. The standard InChI is InChI=1S/C20H24Cl3NO2/c1-14(2)25-10-4-9-24-12-15-11-16(21)7-8-20(15)26-13-17-18(22)5-3-6-19(17)23/h3,5-8,11,14,24H,4,9-10,12-13H2,1-2H3. The quantitative estimate of drug-likeness (QED) is 0.472. The van der Waals surface area contributed by atoms with Gasteiger partial charge in [-0.2, -0.15) is 0 Å². The highest BCUT2D eigenvalue weighted by Crippen LogP contribution is 2.28. The van der Waals surface area contributed by atoms with Gasteiger partial charge < -0.3 is 14.8 Å². The molecule has 0 saturated carbocycles. The Labute approximate surface area is 170 Å². The molecule has 142 valence electrons. The molecule has 0 bridgehead atoms. The summed E-state index contributed by atoms with van der Waals surface area (Å²) in [6, 6.07) is 11.0. The molecule has 0 unspecified atom stereocenters. The molecule has 2 aromatic rings. The lowest BCUT2D eigenvalue weighted by molar-refractivity contribution is 0.0770.